The van der Waals surface area contributed by atoms with Gasteiger partial charge in [-0.05, 0) is 79.6 Å². The molecule has 0 unspecified atom stereocenters. The van der Waals surface area contributed by atoms with Crippen LogP contribution in [0.15, 0.2) is 91.8 Å². The molecule has 46 heavy (non-hydrogen) atoms. The highest BCUT2D eigenvalue weighted by atomic mass is 19.1. The van der Waals surface area contributed by atoms with Crippen LogP contribution in [0.2, 0.25) is 0 Å². The third-order valence-corrected chi connectivity index (χ3v) is 7.47. The maximum atomic E-state index is 13.7. The van der Waals surface area contributed by atoms with Crippen molar-refractivity contribution in [2.45, 2.75) is 20.5 Å². The number of hydrogen-bond acceptors (Lipinski definition) is 7. The molecule has 3 aromatic carbocycles. The molecule has 6 rings (SSSR count). The quantitative estimate of drug-likeness (QED) is 0.171. The molecule has 0 aliphatic heterocycles. The molecule has 12 heteroatoms. The second-order valence-electron chi connectivity index (χ2n) is 11.1. The number of amides is 2. The molecule has 0 saturated heterocycles. The number of carbonyl (C=O) groups excluding carboxylic acids is 2. The molecule has 0 radical (unpaired) electrons. The smallest absolute Gasteiger partial charge is 0.331 e. The summed E-state index contributed by atoms with van der Waals surface area (Å²) in [5.74, 6) is 0.148. The van der Waals surface area contributed by atoms with Gasteiger partial charge in [0.25, 0.3) is 5.91 Å². The van der Waals surface area contributed by atoms with E-state index in [1.807, 2.05) is 57.1 Å². The Morgan fingerprint density at radius 2 is 1.76 bits per heavy atom. The van der Waals surface area contributed by atoms with Gasteiger partial charge >= 0.3 is 6.03 Å². The first-order chi connectivity index (χ1) is 22.2. The van der Waals surface area contributed by atoms with Crippen LogP contribution in [-0.4, -0.2) is 50.1 Å². The summed E-state index contributed by atoms with van der Waals surface area (Å²) in [5, 5.41) is 9.79. The third-order valence-electron chi connectivity index (χ3n) is 7.47. The van der Waals surface area contributed by atoms with Crippen LogP contribution < -0.4 is 20.9 Å². The molecule has 0 atom stereocenters. The van der Waals surface area contributed by atoms with Crippen LogP contribution >= 0.6 is 0 Å². The lowest BCUT2D eigenvalue weighted by Crippen LogP contribution is -2.20. The van der Waals surface area contributed by atoms with Gasteiger partial charge in [-0.15, -0.1) is 0 Å². The zero-order chi connectivity index (χ0) is 32.4. The minimum Gasteiger partial charge on any atom is -0.378 e. The van der Waals surface area contributed by atoms with Crippen molar-refractivity contribution in [2.75, 3.05) is 34.9 Å². The molecule has 0 aliphatic carbocycles. The van der Waals surface area contributed by atoms with Gasteiger partial charge < -0.3 is 25.4 Å². The van der Waals surface area contributed by atoms with Gasteiger partial charge in [0, 0.05) is 60.5 Å². The van der Waals surface area contributed by atoms with Crippen molar-refractivity contribution in [2.24, 2.45) is 0 Å². The average molecular weight is 618 g/mol. The first-order valence-corrected chi connectivity index (χ1v) is 14.5. The van der Waals surface area contributed by atoms with Crippen molar-refractivity contribution >= 4 is 51.5 Å². The van der Waals surface area contributed by atoms with Gasteiger partial charge in [-0.3, -0.25) is 9.36 Å². The van der Waals surface area contributed by atoms with E-state index in [1.165, 1.54) is 17.0 Å². The summed E-state index contributed by atoms with van der Waals surface area (Å²) in [6.07, 6.45) is 6.46. The Morgan fingerprint density at radius 1 is 0.913 bits per heavy atom. The van der Waals surface area contributed by atoms with Crippen molar-refractivity contribution in [3.63, 3.8) is 0 Å². The van der Waals surface area contributed by atoms with Gasteiger partial charge in [0.2, 0.25) is 0 Å². The van der Waals surface area contributed by atoms with Gasteiger partial charge in [0.1, 0.15) is 18.8 Å². The Bertz CT molecular complexity index is 2080. The molecule has 6 aromatic rings. The third kappa shape index (κ3) is 6.27. The number of aryl methyl sites for hydroxylation is 2. The second-order valence-corrected chi connectivity index (χ2v) is 11.1. The number of halogens is 1. The Morgan fingerprint density at radius 3 is 2.52 bits per heavy atom. The summed E-state index contributed by atoms with van der Waals surface area (Å²) in [6.45, 7) is 2.98. The number of imidazole rings is 1. The first kappa shape index (κ1) is 30.0. The van der Waals surface area contributed by atoms with Crippen molar-refractivity contribution in [1.29, 1.82) is 0 Å². The molecule has 0 spiro atoms. The summed E-state index contributed by atoms with van der Waals surface area (Å²) >= 11 is 0. The van der Waals surface area contributed by atoms with Crippen LogP contribution in [-0.2, 0) is 6.67 Å². The number of rotatable bonds is 8. The van der Waals surface area contributed by atoms with E-state index in [4.69, 9.17) is 0 Å². The number of benzene rings is 3. The molecule has 3 N–H and O–H groups in total. The van der Waals surface area contributed by atoms with Gasteiger partial charge in [0.15, 0.2) is 5.65 Å². The normalized spacial score (nSPS) is 11.0. The highest BCUT2D eigenvalue weighted by Gasteiger charge is 2.16. The molecule has 3 aromatic heterocycles. The fourth-order valence-corrected chi connectivity index (χ4v) is 5.02. The highest BCUT2D eigenvalue weighted by Crippen LogP contribution is 2.27. The molecule has 11 nitrogen and oxygen atoms in total. The number of nitrogens with one attached hydrogen (secondary N) is 3. The van der Waals surface area contributed by atoms with Crippen LogP contribution in [0, 0.1) is 13.8 Å². The zero-order valence-electron chi connectivity index (χ0n) is 25.7. The Hall–Kier alpha value is -6.04. The van der Waals surface area contributed by atoms with Crippen molar-refractivity contribution in [3.8, 4) is 5.69 Å². The lowest BCUT2D eigenvalue weighted by Gasteiger charge is -2.14. The van der Waals surface area contributed by atoms with E-state index >= 15 is 0 Å². The van der Waals surface area contributed by atoms with Crippen molar-refractivity contribution < 1.29 is 14.0 Å². The summed E-state index contributed by atoms with van der Waals surface area (Å²) in [5.41, 5.74) is 6.15. The molecular formula is C34H32FN9O2. The van der Waals surface area contributed by atoms with Gasteiger partial charge in [0.05, 0.1) is 17.4 Å². The van der Waals surface area contributed by atoms with E-state index in [2.05, 4.69) is 30.9 Å². The SMILES string of the molecule is Cc1cn(-c2cc(CF)cc(C(=O)Nc3ccc(C)c(NC(=O)n4ccc5c(Nc6cccc(N(C)C)c6)ncnc54)c3)c2)cn1. The Kier molecular flexibility index (Phi) is 8.17. The molecule has 0 aliphatic rings. The second kappa shape index (κ2) is 12.5. The number of anilines is 5. The molecule has 3 heterocycles. The van der Waals surface area contributed by atoms with Crippen LogP contribution in [0.4, 0.5) is 37.8 Å². The lowest BCUT2D eigenvalue weighted by atomic mass is 10.1. The van der Waals surface area contributed by atoms with Crippen molar-refractivity contribution in [1.82, 2.24) is 24.1 Å². The molecule has 0 saturated carbocycles. The first-order valence-electron chi connectivity index (χ1n) is 14.5. The monoisotopic (exact) mass is 617 g/mol. The topological polar surface area (TPSA) is 122 Å². The highest BCUT2D eigenvalue weighted by molar-refractivity contribution is 6.05. The van der Waals surface area contributed by atoms with Crippen LogP contribution in [0.5, 0.6) is 0 Å². The minimum atomic E-state index is -0.720. The van der Waals surface area contributed by atoms with E-state index in [-0.39, 0.29) is 0 Å². The Balaban J connectivity index is 1.21. The standard InChI is InChI=1S/C34H32FN9O2/c1-21-8-9-26(40-33(45)24-12-23(17-35)13-28(14-24)43-18-22(2)38-20-43)16-30(21)41-34(46)44-11-10-29-31(36-19-37-32(29)44)39-25-6-5-7-27(15-25)42(3)4/h5-16,18-20H,17H2,1-4H3,(H,40,45)(H,41,46)(H,36,37,39). The van der Waals surface area contributed by atoms with E-state index in [1.54, 1.807) is 59.7 Å². The number of hydrogen-bond donors (Lipinski definition) is 3. The molecule has 0 fully saturated rings. The molecule has 2 amide bonds. The number of aromatic nitrogens is 5. The predicted molar refractivity (Wildman–Crippen MR) is 178 cm³/mol. The summed E-state index contributed by atoms with van der Waals surface area (Å²) in [4.78, 5) is 41.7. The number of nitrogens with zero attached hydrogens (tertiary/aromatic N) is 6. The van der Waals surface area contributed by atoms with Crippen LogP contribution in [0.1, 0.15) is 27.2 Å². The van der Waals surface area contributed by atoms with Crippen LogP contribution in [0.3, 0.4) is 0 Å². The summed E-state index contributed by atoms with van der Waals surface area (Å²) in [6, 6.07) is 19.3. The van der Waals surface area contributed by atoms with Crippen molar-refractivity contribution in [3.05, 3.63) is 114 Å². The Labute approximate surface area is 264 Å². The fourth-order valence-electron chi connectivity index (χ4n) is 5.02. The minimum absolute atomic E-state index is 0.291. The maximum absolute atomic E-state index is 13.7. The lowest BCUT2D eigenvalue weighted by molar-refractivity contribution is 0.102. The van der Waals surface area contributed by atoms with Gasteiger partial charge in [-0.25, -0.2) is 24.1 Å². The molecule has 232 valence electrons. The van der Waals surface area contributed by atoms with Crippen LogP contribution in [0.25, 0.3) is 16.7 Å². The van der Waals surface area contributed by atoms with E-state index in [0.717, 1.165) is 22.6 Å². The fraction of sp³-hybridized carbons (Fsp3) is 0.147. The van der Waals surface area contributed by atoms with Gasteiger partial charge in [-0.1, -0.05) is 12.1 Å². The van der Waals surface area contributed by atoms with Gasteiger partial charge in [-0.2, -0.15) is 0 Å². The largest absolute Gasteiger partial charge is 0.378 e. The zero-order valence-corrected chi connectivity index (χ0v) is 25.7. The molecule has 0 bridgehead atoms. The van der Waals surface area contributed by atoms with E-state index < -0.39 is 18.6 Å². The molecular weight excluding hydrogens is 585 g/mol. The number of alkyl halides is 1. The average Bonchev–Trinajstić information content (AvgIpc) is 3.69. The van der Waals surface area contributed by atoms with E-state index in [9.17, 15) is 14.0 Å². The maximum Gasteiger partial charge on any atom is 0.331 e. The predicted octanol–water partition coefficient (Wildman–Crippen LogP) is 6.85. The summed E-state index contributed by atoms with van der Waals surface area (Å²) < 4.78 is 16.8. The summed E-state index contributed by atoms with van der Waals surface area (Å²) in [7, 11) is 3.94. The van der Waals surface area contributed by atoms with E-state index in [0.29, 0.717) is 45.0 Å². The number of fused-ring (bicyclic) bond motifs is 1. The number of carbonyl (C=O) groups is 2.